The van der Waals surface area contributed by atoms with E-state index in [0.29, 0.717) is 42.7 Å². The molecule has 0 aromatic heterocycles. The molecule has 3 atom stereocenters. The molecule has 0 fully saturated rings. The molecule has 3 aromatic rings. The molecule has 3 amide bonds. The molecule has 0 saturated heterocycles. The predicted molar refractivity (Wildman–Crippen MR) is 170 cm³/mol. The Morgan fingerprint density at radius 1 is 0.860 bits per heavy atom. The Morgan fingerprint density at radius 2 is 1.49 bits per heavy atom. The van der Waals surface area contributed by atoms with E-state index >= 15 is 0 Å². The largest absolute Gasteiger partial charge is 0.347 e. The zero-order valence-electron chi connectivity index (χ0n) is 25.7. The number of carbonyl (C=O) groups is 3. The highest BCUT2D eigenvalue weighted by Crippen LogP contribution is 2.22. The fourth-order valence-electron chi connectivity index (χ4n) is 5.17. The monoisotopic (exact) mass is 588 g/mol. The van der Waals surface area contributed by atoms with E-state index in [1.807, 2.05) is 62.9 Å². The minimum atomic E-state index is -0.551. The van der Waals surface area contributed by atoms with Gasteiger partial charge in [0.15, 0.2) is 0 Å². The van der Waals surface area contributed by atoms with E-state index in [-0.39, 0.29) is 29.5 Å². The van der Waals surface area contributed by atoms with Crippen molar-refractivity contribution in [3.63, 3.8) is 0 Å². The summed E-state index contributed by atoms with van der Waals surface area (Å²) in [5.74, 6) is -1.50. The molecule has 0 aliphatic rings. The molecule has 3 unspecified atom stereocenters. The summed E-state index contributed by atoms with van der Waals surface area (Å²) < 4.78 is 13.4. The van der Waals surface area contributed by atoms with Crippen molar-refractivity contribution in [1.82, 2.24) is 10.2 Å². The predicted octanol–water partition coefficient (Wildman–Crippen LogP) is 6.06. The van der Waals surface area contributed by atoms with Crippen LogP contribution in [0.25, 0.3) is 0 Å². The summed E-state index contributed by atoms with van der Waals surface area (Å²) in [7, 11) is 0. The maximum absolute atomic E-state index is 13.6. The number of nitrogens with two attached hydrogens (primary N) is 1. The zero-order valence-corrected chi connectivity index (χ0v) is 25.7. The fraction of sp³-hybridized carbons (Fsp3) is 0.400. The zero-order chi connectivity index (χ0) is 31.4. The summed E-state index contributed by atoms with van der Waals surface area (Å²) in [6.45, 7) is 9.29. The molecule has 0 bridgehead atoms. The Kier molecular flexibility index (Phi) is 12.9. The van der Waals surface area contributed by atoms with Gasteiger partial charge in [-0.1, -0.05) is 64.1 Å². The standard InChI is InChI=1S/C35H45FN4O3/c1-5-19-40(20-6-2)35(43)27-14-10-13-26(22-27)33(41)39-32(21-25-11-8-7-9-12-25)31(37)23-30(24(3)4)34(42)38-29-17-15-28(36)16-18-29/h7-18,22,24,30-32H,5-6,19-21,23,37H2,1-4H3,(H,38,42)(H,39,41). The van der Waals surface area contributed by atoms with Gasteiger partial charge in [0.05, 0.1) is 0 Å². The van der Waals surface area contributed by atoms with Gasteiger partial charge in [0.25, 0.3) is 11.8 Å². The lowest BCUT2D eigenvalue weighted by atomic mass is 9.85. The lowest BCUT2D eigenvalue weighted by Crippen LogP contribution is -2.51. The van der Waals surface area contributed by atoms with Crippen LogP contribution in [0.1, 0.15) is 73.2 Å². The number of hydrogen-bond donors (Lipinski definition) is 3. The average molecular weight is 589 g/mol. The molecule has 0 aliphatic heterocycles. The van der Waals surface area contributed by atoms with Crippen molar-refractivity contribution in [3.8, 4) is 0 Å². The number of halogens is 1. The van der Waals surface area contributed by atoms with E-state index in [9.17, 15) is 18.8 Å². The number of nitrogens with zero attached hydrogens (tertiary/aromatic N) is 1. The van der Waals surface area contributed by atoms with Crippen LogP contribution in [-0.4, -0.2) is 47.8 Å². The third-order valence-electron chi connectivity index (χ3n) is 7.56. The molecule has 0 aliphatic carbocycles. The van der Waals surface area contributed by atoms with Gasteiger partial charge >= 0.3 is 0 Å². The minimum absolute atomic E-state index is 0.0311. The Morgan fingerprint density at radius 3 is 2.09 bits per heavy atom. The third kappa shape index (κ3) is 10.0. The van der Waals surface area contributed by atoms with Gasteiger partial charge in [0.1, 0.15) is 5.82 Å². The van der Waals surface area contributed by atoms with Crippen molar-refractivity contribution in [3.05, 3.63) is 101 Å². The number of hydrogen-bond acceptors (Lipinski definition) is 4. The minimum Gasteiger partial charge on any atom is -0.347 e. The normalized spacial score (nSPS) is 13.2. The Balaban J connectivity index is 1.80. The molecular weight excluding hydrogens is 543 g/mol. The van der Waals surface area contributed by atoms with Gasteiger partial charge in [-0.25, -0.2) is 4.39 Å². The number of carbonyl (C=O) groups excluding carboxylic acids is 3. The first kappa shape index (κ1) is 33.5. The van der Waals surface area contributed by atoms with Gasteiger partial charge < -0.3 is 21.3 Å². The highest BCUT2D eigenvalue weighted by molar-refractivity contribution is 6.00. The number of benzene rings is 3. The first-order valence-electron chi connectivity index (χ1n) is 15.2. The molecule has 0 heterocycles. The van der Waals surface area contributed by atoms with E-state index < -0.39 is 18.0 Å². The molecule has 0 spiro atoms. The summed E-state index contributed by atoms with van der Waals surface area (Å²) in [5.41, 5.74) is 9.11. The van der Waals surface area contributed by atoms with E-state index in [0.717, 1.165) is 18.4 Å². The summed E-state index contributed by atoms with van der Waals surface area (Å²) in [6, 6.07) is 21.1. The molecule has 7 nitrogen and oxygen atoms in total. The SMILES string of the molecule is CCCN(CCC)C(=O)c1cccc(C(=O)NC(Cc2ccccc2)C(N)CC(C(=O)Nc2ccc(F)cc2)C(C)C)c1. The molecule has 0 saturated carbocycles. The van der Waals surface area contributed by atoms with E-state index in [1.54, 1.807) is 24.3 Å². The van der Waals surface area contributed by atoms with Crippen LogP contribution >= 0.6 is 0 Å². The average Bonchev–Trinajstić information content (AvgIpc) is 3.00. The Bertz CT molecular complexity index is 1320. The Hall–Kier alpha value is -4.04. The lowest BCUT2D eigenvalue weighted by Gasteiger charge is -2.30. The second kappa shape index (κ2) is 16.6. The molecule has 3 aromatic carbocycles. The first-order valence-corrected chi connectivity index (χ1v) is 15.2. The Labute approximate surface area is 255 Å². The van der Waals surface area contributed by atoms with Gasteiger partial charge in [-0.15, -0.1) is 0 Å². The van der Waals surface area contributed by atoms with Crippen LogP contribution in [0, 0.1) is 17.7 Å². The summed E-state index contributed by atoms with van der Waals surface area (Å²) in [6.07, 6.45) is 2.50. The van der Waals surface area contributed by atoms with Crippen molar-refractivity contribution in [2.45, 2.75) is 65.5 Å². The van der Waals surface area contributed by atoms with E-state index in [4.69, 9.17) is 5.73 Å². The van der Waals surface area contributed by atoms with Crippen LogP contribution in [0.4, 0.5) is 10.1 Å². The van der Waals surface area contributed by atoms with Crippen molar-refractivity contribution < 1.29 is 18.8 Å². The van der Waals surface area contributed by atoms with Gasteiger partial charge in [0.2, 0.25) is 5.91 Å². The van der Waals surface area contributed by atoms with Gasteiger partial charge in [-0.2, -0.15) is 0 Å². The molecule has 43 heavy (non-hydrogen) atoms. The maximum atomic E-state index is 13.6. The van der Waals surface area contributed by atoms with Gasteiger partial charge in [-0.05, 0) is 79.6 Å². The van der Waals surface area contributed by atoms with Crippen LogP contribution < -0.4 is 16.4 Å². The van der Waals surface area contributed by atoms with Crippen molar-refractivity contribution >= 4 is 23.4 Å². The van der Waals surface area contributed by atoms with Crippen LogP contribution in [0.2, 0.25) is 0 Å². The van der Waals surface area contributed by atoms with Crippen molar-refractivity contribution in [2.75, 3.05) is 18.4 Å². The van der Waals surface area contributed by atoms with Gasteiger partial charge in [-0.3, -0.25) is 14.4 Å². The maximum Gasteiger partial charge on any atom is 0.253 e. The van der Waals surface area contributed by atoms with Crippen LogP contribution in [0.15, 0.2) is 78.9 Å². The van der Waals surface area contributed by atoms with E-state index in [1.165, 1.54) is 24.3 Å². The second-order valence-corrected chi connectivity index (χ2v) is 11.4. The smallest absolute Gasteiger partial charge is 0.253 e. The molecule has 230 valence electrons. The topological polar surface area (TPSA) is 105 Å². The van der Waals surface area contributed by atoms with E-state index in [2.05, 4.69) is 10.6 Å². The third-order valence-corrected chi connectivity index (χ3v) is 7.56. The van der Waals surface area contributed by atoms with Crippen LogP contribution in [0.5, 0.6) is 0 Å². The first-order chi connectivity index (χ1) is 20.6. The summed E-state index contributed by atoms with van der Waals surface area (Å²) >= 11 is 0. The van der Waals surface area contributed by atoms with Crippen LogP contribution in [0.3, 0.4) is 0 Å². The number of anilines is 1. The number of rotatable bonds is 15. The highest BCUT2D eigenvalue weighted by Gasteiger charge is 2.30. The lowest BCUT2D eigenvalue weighted by molar-refractivity contribution is -0.121. The molecule has 0 radical (unpaired) electrons. The highest BCUT2D eigenvalue weighted by atomic mass is 19.1. The quantitative estimate of drug-likeness (QED) is 0.201. The van der Waals surface area contributed by atoms with Gasteiger partial charge in [0, 0.05) is 47.9 Å². The molecular formula is C35H45FN4O3. The molecule has 8 heteroatoms. The number of nitrogens with one attached hydrogen (secondary N) is 2. The second-order valence-electron chi connectivity index (χ2n) is 11.4. The van der Waals surface area contributed by atoms with Crippen LogP contribution in [-0.2, 0) is 11.2 Å². The summed E-state index contributed by atoms with van der Waals surface area (Å²) in [4.78, 5) is 41.8. The van der Waals surface area contributed by atoms with Crippen molar-refractivity contribution in [1.29, 1.82) is 0 Å². The fourth-order valence-corrected chi connectivity index (χ4v) is 5.17. The van der Waals surface area contributed by atoms with Crippen molar-refractivity contribution in [2.24, 2.45) is 17.6 Å². The molecule has 4 N–H and O–H groups in total. The molecule has 3 rings (SSSR count). The summed E-state index contributed by atoms with van der Waals surface area (Å²) in [5, 5.41) is 5.97. The number of amides is 3.